The van der Waals surface area contributed by atoms with E-state index in [9.17, 15) is 0 Å². The summed E-state index contributed by atoms with van der Waals surface area (Å²) < 4.78 is 0. The lowest BCUT2D eigenvalue weighted by Gasteiger charge is -2.24. The van der Waals surface area contributed by atoms with E-state index in [1.54, 1.807) is 0 Å². The molecule has 0 atom stereocenters. The molecule has 1 aliphatic rings. The van der Waals surface area contributed by atoms with Gasteiger partial charge in [0.05, 0.1) is 0 Å². The quantitative estimate of drug-likeness (QED) is 0.739. The van der Waals surface area contributed by atoms with Gasteiger partial charge in [-0.2, -0.15) is 0 Å². The summed E-state index contributed by atoms with van der Waals surface area (Å²) in [6, 6.07) is 0. The van der Waals surface area contributed by atoms with Crippen molar-refractivity contribution in [1.29, 1.82) is 0 Å². The van der Waals surface area contributed by atoms with E-state index in [2.05, 4.69) is 51.4 Å². The molecule has 16 heavy (non-hydrogen) atoms. The Labute approximate surface area is 101 Å². The fourth-order valence-corrected chi connectivity index (χ4v) is 2.12. The van der Waals surface area contributed by atoms with E-state index in [0.29, 0.717) is 5.41 Å². The fourth-order valence-electron chi connectivity index (χ4n) is 2.12. The molecule has 1 heterocycles. The van der Waals surface area contributed by atoms with Crippen molar-refractivity contribution in [3.63, 3.8) is 0 Å². The van der Waals surface area contributed by atoms with Crippen molar-refractivity contribution in [2.75, 3.05) is 26.2 Å². The maximum absolute atomic E-state index is 4.16. The van der Waals surface area contributed by atoms with Gasteiger partial charge in [0.15, 0.2) is 0 Å². The summed E-state index contributed by atoms with van der Waals surface area (Å²) in [5.74, 6) is 0. The average Bonchev–Trinajstić information content (AvgIpc) is 2.41. The number of nitrogens with one attached hydrogen (secondary N) is 1. The molecule has 0 aliphatic carbocycles. The third-order valence-corrected chi connectivity index (χ3v) is 3.07. The molecule has 0 bridgehead atoms. The van der Waals surface area contributed by atoms with Crippen LogP contribution in [-0.4, -0.2) is 36.6 Å². The lowest BCUT2D eigenvalue weighted by atomic mass is 9.93. The molecule has 0 spiro atoms. The highest BCUT2D eigenvalue weighted by atomic mass is 15.2. The SMILES string of the molecule is C=C(CNC(C)(C)C)CN1CCC(C)(C)C1. The fraction of sp³-hybridized carbons (Fsp3) is 0.857. The van der Waals surface area contributed by atoms with E-state index in [4.69, 9.17) is 0 Å². The molecule has 0 amide bonds. The minimum Gasteiger partial charge on any atom is -0.308 e. The van der Waals surface area contributed by atoms with Gasteiger partial charge in [0.2, 0.25) is 0 Å². The molecule has 2 heteroatoms. The van der Waals surface area contributed by atoms with Gasteiger partial charge in [0, 0.05) is 25.2 Å². The van der Waals surface area contributed by atoms with Crippen molar-refractivity contribution >= 4 is 0 Å². The topological polar surface area (TPSA) is 15.3 Å². The van der Waals surface area contributed by atoms with Crippen molar-refractivity contribution < 1.29 is 0 Å². The van der Waals surface area contributed by atoms with Crippen LogP contribution in [0, 0.1) is 5.41 Å². The monoisotopic (exact) mass is 224 g/mol. The van der Waals surface area contributed by atoms with E-state index < -0.39 is 0 Å². The highest BCUT2D eigenvalue weighted by molar-refractivity contribution is 5.02. The standard InChI is InChI=1S/C14H28N2/c1-12(9-15-13(2,3)4)10-16-8-7-14(5,6)11-16/h15H,1,7-11H2,2-6H3. The number of rotatable bonds is 4. The normalized spacial score (nSPS) is 21.3. The predicted molar refractivity (Wildman–Crippen MR) is 71.7 cm³/mol. The zero-order valence-electron chi connectivity index (χ0n) is 11.7. The lowest BCUT2D eigenvalue weighted by molar-refractivity contribution is 0.306. The molecule has 1 aliphatic heterocycles. The van der Waals surface area contributed by atoms with Gasteiger partial charge in [-0.15, -0.1) is 0 Å². The maximum atomic E-state index is 4.16. The largest absolute Gasteiger partial charge is 0.308 e. The van der Waals surface area contributed by atoms with Crippen LogP contribution in [0.4, 0.5) is 0 Å². The van der Waals surface area contributed by atoms with Crippen LogP contribution >= 0.6 is 0 Å². The molecule has 2 nitrogen and oxygen atoms in total. The van der Waals surface area contributed by atoms with Crippen LogP contribution in [0.25, 0.3) is 0 Å². The summed E-state index contributed by atoms with van der Waals surface area (Å²) >= 11 is 0. The lowest BCUT2D eigenvalue weighted by Crippen LogP contribution is -2.38. The third-order valence-electron chi connectivity index (χ3n) is 3.07. The van der Waals surface area contributed by atoms with Crippen LogP contribution in [0.15, 0.2) is 12.2 Å². The van der Waals surface area contributed by atoms with Gasteiger partial charge in [0.1, 0.15) is 0 Å². The zero-order valence-corrected chi connectivity index (χ0v) is 11.7. The summed E-state index contributed by atoms with van der Waals surface area (Å²) in [6.07, 6.45) is 1.31. The van der Waals surface area contributed by atoms with Crippen LogP contribution in [-0.2, 0) is 0 Å². The van der Waals surface area contributed by atoms with E-state index >= 15 is 0 Å². The van der Waals surface area contributed by atoms with Gasteiger partial charge in [-0.25, -0.2) is 0 Å². The molecule has 0 aromatic heterocycles. The molecule has 0 aromatic rings. The first-order chi connectivity index (χ1) is 7.18. The molecule has 1 saturated heterocycles. The van der Waals surface area contributed by atoms with Gasteiger partial charge in [-0.1, -0.05) is 20.4 Å². The number of nitrogens with zero attached hydrogens (tertiary/aromatic N) is 1. The van der Waals surface area contributed by atoms with E-state index in [0.717, 1.165) is 13.1 Å². The second-order valence-electron chi connectivity index (χ2n) is 6.98. The Morgan fingerprint density at radius 3 is 2.44 bits per heavy atom. The van der Waals surface area contributed by atoms with Crippen LogP contribution < -0.4 is 5.32 Å². The van der Waals surface area contributed by atoms with Crippen LogP contribution in [0.3, 0.4) is 0 Å². The molecular formula is C14H28N2. The van der Waals surface area contributed by atoms with Crippen LogP contribution in [0.5, 0.6) is 0 Å². The highest BCUT2D eigenvalue weighted by Crippen LogP contribution is 2.28. The summed E-state index contributed by atoms with van der Waals surface area (Å²) in [5, 5.41) is 3.49. The van der Waals surface area contributed by atoms with Crippen LogP contribution in [0.2, 0.25) is 0 Å². The smallest absolute Gasteiger partial charge is 0.0203 e. The molecule has 0 unspecified atom stereocenters. The number of likely N-dealkylation sites (tertiary alicyclic amines) is 1. The Balaban J connectivity index is 2.26. The second kappa shape index (κ2) is 4.89. The molecule has 94 valence electrons. The Morgan fingerprint density at radius 2 is 2.00 bits per heavy atom. The molecule has 1 N–H and O–H groups in total. The Kier molecular flexibility index (Phi) is 4.19. The summed E-state index contributed by atoms with van der Waals surface area (Å²) in [5.41, 5.74) is 1.98. The Morgan fingerprint density at radius 1 is 1.38 bits per heavy atom. The summed E-state index contributed by atoms with van der Waals surface area (Å²) in [4.78, 5) is 2.52. The molecule has 0 aromatic carbocycles. The third kappa shape index (κ3) is 5.13. The molecular weight excluding hydrogens is 196 g/mol. The summed E-state index contributed by atoms with van der Waals surface area (Å²) in [7, 11) is 0. The van der Waals surface area contributed by atoms with Gasteiger partial charge < -0.3 is 5.32 Å². The van der Waals surface area contributed by atoms with E-state index in [1.165, 1.54) is 25.1 Å². The van der Waals surface area contributed by atoms with Crippen molar-refractivity contribution in [2.45, 2.75) is 46.6 Å². The van der Waals surface area contributed by atoms with Gasteiger partial charge in [-0.05, 0) is 44.7 Å². The Hall–Kier alpha value is -0.340. The molecule has 1 fully saturated rings. The Bertz CT molecular complexity index is 248. The first-order valence-electron chi connectivity index (χ1n) is 6.32. The van der Waals surface area contributed by atoms with Crippen molar-refractivity contribution in [2.24, 2.45) is 5.41 Å². The van der Waals surface area contributed by atoms with Gasteiger partial charge in [0.25, 0.3) is 0 Å². The number of hydrogen-bond acceptors (Lipinski definition) is 2. The van der Waals surface area contributed by atoms with Crippen molar-refractivity contribution in [3.8, 4) is 0 Å². The highest BCUT2D eigenvalue weighted by Gasteiger charge is 2.28. The average molecular weight is 224 g/mol. The number of hydrogen-bond donors (Lipinski definition) is 1. The first kappa shape index (κ1) is 13.7. The molecule has 1 rings (SSSR count). The minimum atomic E-state index is 0.188. The van der Waals surface area contributed by atoms with Crippen LogP contribution in [0.1, 0.15) is 41.0 Å². The molecule has 0 saturated carbocycles. The zero-order chi connectivity index (χ0) is 12.4. The molecule has 0 radical (unpaired) electrons. The van der Waals surface area contributed by atoms with Crippen molar-refractivity contribution in [3.05, 3.63) is 12.2 Å². The van der Waals surface area contributed by atoms with Gasteiger partial charge >= 0.3 is 0 Å². The minimum absolute atomic E-state index is 0.188. The van der Waals surface area contributed by atoms with E-state index in [-0.39, 0.29) is 5.54 Å². The van der Waals surface area contributed by atoms with E-state index in [1.807, 2.05) is 0 Å². The first-order valence-corrected chi connectivity index (χ1v) is 6.32. The van der Waals surface area contributed by atoms with Crippen molar-refractivity contribution in [1.82, 2.24) is 10.2 Å². The van der Waals surface area contributed by atoms with Gasteiger partial charge in [-0.3, -0.25) is 4.90 Å². The maximum Gasteiger partial charge on any atom is 0.0203 e. The predicted octanol–water partition coefficient (Wildman–Crippen LogP) is 2.66. The second-order valence-corrected chi connectivity index (χ2v) is 6.98. The summed E-state index contributed by atoms with van der Waals surface area (Å²) in [6.45, 7) is 19.9.